The molecule has 0 bridgehead atoms. The summed E-state index contributed by atoms with van der Waals surface area (Å²) in [5, 5.41) is 3.54. The van der Waals surface area contributed by atoms with Crippen LogP contribution in [-0.4, -0.2) is 6.54 Å². The standard InChI is InChI=1S/C15H24FN/c1-5-10-17-14(11-15(2,3)4)12-6-8-13(16)9-7-12/h6-9,14,17H,5,10-11H2,1-4H3. The Bertz CT molecular complexity index is 324. The molecule has 1 unspecified atom stereocenters. The van der Waals surface area contributed by atoms with Crippen LogP contribution >= 0.6 is 0 Å². The average molecular weight is 237 g/mol. The molecule has 1 N–H and O–H groups in total. The third kappa shape index (κ3) is 5.31. The Morgan fingerprint density at radius 1 is 1.18 bits per heavy atom. The monoisotopic (exact) mass is 237 g/mol. The zero-order chi connectivity index (χ0) is 12.9. The zero-order valence-electron chi connectivity index (χ0n) is 11.4. The molecule has 1 rings (SSSR count). The molecule has 0 aliphatic rings. The molecule has 0 radical (unpaired) electrons. The molecule has 0 fully saturated rings. The molecule has 0 aliphatic heterocycles. The van der Waals surface area contributed by atoms with Crippen molar-refractivity contribution in [2.45, 2.75) is 46.6 Å². The van der Waals surface area contributed by atoms with E-state index in [4.69, 9.17) is 0 Å². The Kier molecular flexibility index (Phi) is 5.13. The Morgan fingerprint density at radius 3 is 2.24 bits per heavy atom. The third-order valence-electron chi connectivity index (χ3n) is 2.73. The number of nitrogens with one attached hydrogen (secondary N) is 1. The van der Waals surface area contributed by atoms with E-state index in [0.29, 0.717) is 6.04 Å². The van der Waals surface area contributed by atoms with Crippen LogP contribution in [0.1, 0.15) is 52.1 Å². The maximum absolute atomic E-state index is 12.9. The highest BCUT2D eigenvalue weighted by Gasteiger charge is 2.19. The summed E-state index contributed by atoms with van der Waals surface area (Å²) in [5.74, 6) is -0.168. The van der Waals surface area contributed by atoms with Crippen molar-refractivity contribution in [3.05, 3.63) is 35.6 Å². The van der Waals surface area contributed by atoms with Crippen molar-refractivity contribution in [3.8, 4) is 0 Å². The second-order valence-electron chi connectivity index (χ2n) is 5.82. The lowest BCUT2D eigenvalue weighted by molar-refractivity contribution is 0.311. The van der Waals surface area contributed by atoms with Gasteiger partial charge >= 0.3 is 0 Å². The second kappa shape index (κ2) is 6.15. The van der Waals surface area contributed by atoms with Crippen molar-refractivity contribution in [3.63, 3.8) is 0 Å². The summed E-state index contributed by atoms with van der Waals surface area (Å²) < 4.78 is 12.9. The quantitative estimate of drug-likeness (QED) is 0.805. The molecule has 17 heavy (non-hydrogen) atoms. The molecule has 2 heteroatoms. The van der Waals surface area contributed by atoms with Gasteiger partial charge in [0.05, 0.1) is 0 Å². The normalized spacial score (nSPS) is 13.7. The van der Waals surface area contributed by atoms with Gasteiger partial charge in [-0.2, -0.15) is 0 Å². The van der Waals surface area contributed by atoms with Crippen LogP contribution in [0.2, 0.25) is 0 Å². The maximum atomic E-state index is 12.9. The third-order valence-corrected chi connectivity index (χ3v) is 2.73. The summed E-state index contributed by atoms with van der Waals surface area (Å²) in [6.07, 6.45) is 2.17. The fourth-order valence-corrected chi connectivity index (χ4v) is 1.93. The summed E-state index contributed by atoms with van der Waals surface area (Å²) in [5.41, 5.74) is 1.44. The van der Waals surface area contributed by atoms with Crippen LogP contribution in [0.15, 0.2) is 24.3 Å². The van der Waals surface area contributed by atoms with Gasteiger partial charge in [0.2, 0.25) is 0 Å². The smallest absolute Gasteiger partial charge is 0.123 e. The lowest BCUT2D eigenvalue weighted by atomic mass is 9.85. The van der Waals surface area contributed by atoms with Gasteiger partial charge in [-0.25, -0.2) is 4.39 Å². The molecule has 0 spiro atoms. The first-order valence-electron chi connectivity index (χ1n) is 6.41. The van der Waals surface area contributed by atoms with Crippen LogP contribution in [0.3, 0.4) is 0 Å². The van der Waals surface area contributed by atoms with E-state index in [9.17, 15) is 4.39 Å². The minimum atomic E-state index is -0.168. The molecule has 1 aromatic carbocycles. The van der Waals surface area contributed by atoms with Gasteiger partial charge in [0, 0.05) is 6.04 Å². The topological polar surface area (TPSA) is 12.0 Å². The highest BCUT2D eigenvalue weighted by Crippen LogP contribution is 2.29. The van der Waals surface area contributed by atoms with Gasteiger partial charge in [0.25, 0.3) is 0 Å². The summed E-state index contributed by atoms with van der Waals surface area (Å²) in [7, 11) is 0. The molecule has 0 saturated heterocycles. The van der Waals surface area contributed by atoms with Gasteiger partial charge < -0.3 is 5.32 Å². The lowest BCUT2D eigenvalue weighted by Crippen LogP contribution is -2.26. The highest BCUT2D eigenvalue weighted by molar-refractivity contribution is 5.20. The first kappa shape index (κ1) is 14.2. The van der Waals surface area contributed by atoms with Gasteiger partial charge in [-0.3, -0.25) is 0 Å². The Morgan fingerprint density at radius 2 is 1.76 bits per heavy atom. The summed E-state index contributed by atoms with van der Waals surface area (Å²) in [6, 6.07) is 7.16. The van der Waals surface area contributed by atoms with Crippen LogP contribution in [0, 0.1) is 11.2 Å². The lowest BCUT2D eigenvalue weighted by Gasteiger charge is -2.27. The van der Waals surface area contributed by atoms with Gasteiger partial charge in [0.1, 0.15) is 5.82 Å². The average Bonchev–Trinajstić information content (AvgIpc) is 2.24. The van der Waals surface area contributed by atoms with Crippen LogP contribution < -0.4 is 5.32 Å². The Balaban J connectivity index is 2.78. The molecule has 1 nitrogen and oxygen atoms in total. The number of rotatable bonds is 5. The van der Waals surface area contributed by atoms with E-state index in [1.807, 2.05) is 12.1 Å². The van der Waals surface area contributed by atoms with Crippen molar-refractivity contribution in [2.75, 3.05) is 6.54 Å². The molecule has 1 atom stereocenters. The van der Waals surface area contributed by atoms with Crippen molar-refractivity contribution in [1.29, 1.82) is 0 Å². The summed E-state index contributed by atoms with van der Waals surface area (Å²) in [4.78, 5) is 0. The van der Waals surface area contributed by atoms with Crippen molar-refractivity contribution in [2.24, 2.45) is 5.41 Å². The van der Waals surface area contributed by atoms with Crippen molar-refractivity contribution < 1.29 is 4.39 Å². The molecule has 96 valence electrons. The fraction of sp³-hybridized carbons (Fsp3) is 0.600. The predicted molar refractivity (Wildman–Crippen MR) is 71.5 cm³/mol. The van der Waals surface area contributed by atoms with E-state index in [1.54, 1.807) is 12.1 Å². The van der Waals surface area contributed by atoms with Gasteiger partial charge in [-0.05, 0) is 42.5 Å². The first-order valence-corrected chi connectivity index (χ1v) is 6.41. The molecular weight excluding hydrogens is 213 g/mol. The minimum absolute atomic E-state index is 0.168. The number of halogens is 1. The van der Waals surface area contributed by atoms with E-state index >= 15 is 0 Å². The van der Waals surface area contributed by atoms with Crippen LogP contribution in [0.5, 0.6) is 0 Å². The van der Waals surface area contributed by atoms with E-state index in [2.05, 4.69) is 33.0 Å². The molecule has 0 aromatic heterocycles. The first-order chi connectivity index (χ1) is 7.92. The van der Waals surface area contributed by atoms with E-state index in [0.717, 1.165) is 19.4 Å². The molecule has 0 saturated carbocycles. The second-order valence-corrected chi connectivity index (χ2v) is 5.82. The van der Waals surface area contributed by atoms with Gasteiger partial charge in [-0.1, -0.05) is 39.8 Å². The molecule has 0 amide bonds. The number of hydrogen-bond donors (Lipinski definition) is 1. The maximum Gasteiger partial charge on any atom is 0.123 e. The molecular formula is C15H24FN. The van der Waals surface area contributed by atoms with E-state index < -0.39 is 0 Å². The molecule has 1 aromatic rings. The molecule has 0 heterocycles. The summed E-state index contributed by atoms with van der Waals surface area (Å²) >= 11 is 0. The fourth-order valence-electron chi connectivity index (χ4n) is 1.93. The largest absolute Gasteiger partial charge is 0.310 e. The van der Waals surface area contributed by atoms with Gasteiger partial charge in [0.15, 0.2) is 0 Å². The Hall–Kier alpha value is -0.890. The summed E-state index contributed by atoms with van der Waals surface area (Å²) in [6.45, 7) is 9.86. The predicted octanol–water partition coefficient (Wildman–Crippen LogP) is 4.30. The minimum Gasteiger partial charge on any atom is -0.310 e. The van der Waals surface area contributed by atoms with Crippen LogP contribution in [0.4, 0.5) is 4.39 Å². The van der Waals surface area contributed by atoms with Gasteiger partial charge in [-0.15, -0.1) is 0 Å². The zero-order valence-corrected chi connectivity index (χ0v) is 11.4. The number of benzene rings is 1. The highest BCUT2D eigenvalue weighted by atomic mass is 19.1. The number of hydrogen-bond acceptors (Lipinski definition) is 1. The van der Waals surface area contributed by atoms with E-state index in [1.165, 1.54) is 5.56 Å². The van der Waals surface area contributed by atoms with Crippen LogP contribution in [-0.2, 0) is 0 Å². The molecule has 0 aliphatic carbocycles. The Labute approximate surface area is 104 Å². The van der Waals surface area contributed by atoms with Crippen molar-refractivity contribution >= 4 is 0 Å². The van der Waals surface area contributed by atoms with E-state index in [-0.39, 0.29) is 11.2 Å². The SMILES string of the molecule is CCCNC(CC(C)(C)C)c1ccc(F)cc1. The van der Waals surface area contributed by atoms with Crippen LogP contribution in [0.25, 0.3) is 0 Å². The van der Waals surface area contributed by atoms with Crippen molar-refractivity contribution in [1.82, 2.24) is 5.32 Å².